The molecule has 2 rings (SSSR count). The van der Waals surface area contributed by atoms with Crippen molar-refractivity contribution in [3.8, 4) is 6.07 Å². The lowest BCUT2D eigenvalue weighted by molar-refractivity contribution is 0.506. The Kier molecular flexibility index (Phi) is 4.23. The number of nitriles is 1. The largest absolute Gasteiger partial charge is 0.469 e. The van der Waals surface area contributed by atoms with Gasteiger partial charge in [-0.1, -0.05) is 6.07 Å². The van der Waals surface area contributed by atoms with Crippen LogP contribution in [0.5, 0.6) is 0 Å². The molecule has 6 heteroatoms. The van der Waals surface area contributed by atoms with Gasteiger partial charge in [0, 0.05) is 13.0 Å². The Morgan fingerprint density at radius 3 is 2.80 bits per heavy atom. The summed E-state index contributed by atoms with van der Waals surface area (Å²) in [6, 6.07) is 10.1. The van der Waals surface area contributed by atoms with Crippen LogP contribution in [0.4, 0.5) is 0 Å². The van der Waals surface area contributed by atoms with Gasteiger partial charge in [-0.2, -0.15) is 5.26 Å². The van der Waals surface area contributed by atoms with Gasteiger partial charge in [-0.25, -0.2) is 13.1 Å². The first-order valence-corrected chi connectivity index (χ1v) is 7.54. The van der Waals surface area contributed by atoms with Crippen LogP contribution in [-0.2, 0) is 16.4 Å². The third-order valence-corrected chi connectivity index (χ3v) is 4.45. The Hall–Kier alpha value is -2.10. The molecular formula is C14H14N2O3S. The Labute approximate surface area is 117 Å². The van der Waals surface area contributed by atoms with E-state index in [0.29, 0.717) is 17.5 Å². The highest BCUT2D eigenvalue weighted by Gasteiger charge is 2.17. The van der Waals surface area contributed by atoms with Gasteiger partial charge in [0.2, 0.25) is 10.0 Å². The van der Waals surface area contributed by atoms with Crippen molar-refractivity contribution < 1.29 is 12.8 Å². The summed E-state index contributed by atoms with van der Waals surface area (Å²) in [4.78, 5) is 0.135. The smallest absolute Gasteiger partial charge is 0.240 e. The Bertz CT molecular complexity index is 728. The zero-order valence-electron chi connectivity index (χ0n) is 11.0. The highest BCUT2D eigenvalue weighted by atomic mass is 32.2. The minimum absolute atomic E-state index is 0.135. The second kappa shape index (κ2) is 5.90. The molecule has 5 nitrogen and oxygen atoms in total. The Morgan fingerprint density at radius 2 is 2.15 bits per heavy atom. The lowest BCUT2D eigenvalue weighted by Crippen LogP contribution is -2.26. The molecule has 2 aromatic rings. The Balaban J connectivity index is 2.12. The summed E-state index contributed by atoms with van der Waals surface area (Å²) >= 11 is 0. The van der Waals surface area contributed by atoms with E-state index in [1.165, 1.54) is 6.07 Å². The molecule has 1 aromatic carbocycles. The van der Waals surface area contributed by atoms with Crippen molar-refractivity contribution in [1.29, 1.82) is 5.26 Å². The van der Waals surface area contributed by atoms with E-state index < -0.39 is 10.0 Å². The molecule has 0 spiro atoms. The minimum Gasteiger partial charge on any atom is -0.469 e. The lowest BCUT2D eigenvalue weighted by Gasteiger charge is -2.09. The van der Waals surface area contributed by atoms with Gasteiger partial charge in [-0.05, 0) is 36.8 Å². The van der Waals surface area contributed by atoms with Crippen LogP contribution in [0, 0.1) is 18.3 Å². The van der Waals surface area contributed by atoms with E-state index in [0.717, 1.165) is 5.76 Å². The molecule has 0 saturated heterocycles. The molecule has 0 aliphatic carbocycles. The molecule has 0 aliphatic rings. The fourth-order valence-electron chi connectivity index (χ4n) is 1.80. The van der Waals surface area contributed by atoms with Crippen molar-refractivity contribution in [3.05, 3.63) is 53.5 Å². The van der Waals surface area contributed by atoms with Crippen molar-refractivity contribution in [3.63, 3.8) is 0 Å². The third-order valence-electron chi connectivity index (χ3n) is 2.85. The molecule has 104 valence electrons. The molecule has 1 N–H and O–H groups in total. The maximum Gasteiger partial charge on any atom is 0.240 e. The fourth-order valence-corrected chi connectivity index (χ4v) is 3.10. The number of nitrogens with zero attached hydrogens (tertiary/aromatic N) is 1. The first kappa shape index (κ1) is 14.3. The van der Waals surface area contributed by atoms with Crippen molar-refractivity contribution in [2.75, 3.05) is 6.54 Å². The number of furan rings is 1. The highest BCUT2D eigenvalue weighted by Crippen LogP contribution is 2.16. The minimum atomic E-state index is -3.62. The van der Waals surface area contributed by atoms with Crippen molar-refractivity contribution in [2.45, 2.75) is 18.2 Å². The Morgan fingerprint density at radius 1 is 1.35 bits per heavy atom. The van der Waals surface area contributed by atoms with Gasteiger partial charge in [0.05, 0.1) is 22.8 Å². The summed E-state index contributed by atoms with van der Waals surface area (Å²) in [6.45, 7) is 1.94. The molecule has 0 amide bonds. The average Bonchev–Trinajstić information content (AvgIpc) is 2.92. The summed E-state index contributed by atoms with van der Waals surface area (Å²) in [7, 11) is -3.62. The summed E-state index contributed by atoms with van der Waals surface area (Å²) < 4.78 is 32.0. The molecule has 0 aliphatic heterocycles. The van der Waals surface area contributed by atoms with Crippen molar-refractivity contribution in [1.82, 2.24) is 4.72 Å². The third kappa shape index (κ3) is 3.26. The molecular weight excluding hydrogens is 276 g/mol. The quantitative estimate of drug-likeness (QED) is 0.912. The highest BCUT2D eigenvalue weighted by molar-refractivity contribution is 7.89. The van der Waals surface area contributed by atoms with Crippen LogP contribution in [0.15, 0.2) is 45.9 Å². The van der Waals surface area contributed by atoms with E-state index >= 15 is 0 Å². The standard InChI is InChI=1S/C14H14N2O3S/c1-11-4-5-12(10-15)9-14(11)20(17,18)16-7-6-13-3-2-8-19-13/h2-5,8-9,16H,6-7H2,1H3. The van der Waals surface area contributed by atoms with Crippen LogP contribution in [0.3, 0.4) is 0 Å². The molecule has 0 radical (unpaired) electrons. The normalized spacial score (nSPS) is 11.2. The number of aryl methyl sites for hydroxylation is 1. The van der Waals surface area contributed by atoms with E-state index in [9.17, 15) is 8.42 Å². The number of benzene rings is 1. The van der Waals surface area contributed by atoms with E-state index in [-0.39, 0.29) is 11.4 Å². The van der Waals surface area contributed by atoms with Gasteiger partial charge in [0.15, 0.2) is 0 Å². The maximum atomic E-state index is 12.2. The van der Waals surface area contributed by atoms with E-state index in [1.807, 2.05) is 6.07 Å². The van der Waals surface area contributed by atoms with Crippen LogP contribution in [0.2, 0.25) is 0 Å². The summed E-state index contributed by atoms with van der Waals surface area (Å²) in [5, 5.41) is 8.84. The molecule has 0 unspecified atom stereocenters. The van der Waals surface area contributed by atoms with Gasteiger partial charge in [-0.3, -0.25) is 0 Å². The van der Waals surface area contributed by atoms with Crippen LogP contribution in [0.25, 0.3) is 0 Å². The van der Waals surface area contributed by atoms with Crippen molar-refractivity contribution >= 4 is 10.0 Å². The second-order valence-electron chi connectivity index (χ2n) is 4.32. The van der Waals surface area contributed by atoms with Gasteiger partial charge < -0.3 is 4.42 Å². The molecule has 0 atom stereocenters. The zero-order chi connectivity index (χ0) is 14.6. The molecule has 0 fully saturated rings. The molecule has 1 heterocycles. The van der Waals surface area contributed by atoms with Gasteiger partial charge in [-0.15, -0.1) is 0 Å². The van der Waals surface area contributed by atoms with Crippen LogP contribution < -0.4 is 4.72 Å². The van der Waals surface area contributed by atoms with Crippen molar-refractivity contribution in [2.24, 2.45) is 0 Å². The number of sulfonamides is 1. The number of hydrogen-bond donors (Lipinski definition) is 1. The van der Waals surface area contributed by atoms with E-state index in [1.54, 1.807) is 37.5 Å². The van der Waals surface area contributed by atoms with E-state index in [4.69, 9.17) is 9.68 Å². The van der Waals surface area contributed by atoms with Crippen LogP contribution in [-0.4, -0.2) is 15.0 Å². The number of nitrogens with one attached hydrogen (secondary N) is 1. The van der Waals surface area contributed by atoms with Crippen LogP contribution in [0.1, 0.15) is 16.9 Å². The monoisotopic (exact) mass is 290 g/mol. The number of hydrogen-bond acceptors (Lipinski definition) is 4. The van der Waals surface area contributed by atoms with Gasteiger partial charge in [0.25, 0.3) is 0 Å². The molecule has 0 saturated carbocycles. The predicted molar refractivity (Wildman–Crippen MR) is 73.5 cm³/mol. The zero-order valence-corrected chi connectivity index (χ0v) is 11.8. The van der Waals surface area contributed by atoms with Crippen LogP contribution >= 0.6 is 0 Å². The predicted octanol–water partition coefficient (Wildman–Crippen LogP) is 1.98. The van der Waals surface area contributed by atoms with E-state index in [2.05, 4.69) is 4.72 Å². The maximum absolute atomic E-state index is 12.2. The fraction of sp³-hybridized carbons (Fsp3) is 0.214. The lowest BCUT2D eigenvalue weighted by atomic mass is 10.2. The average molecular weight is 290 g/mol. The first-order chi connectivity index (χ1) is 9.53. The first-order valence-electron chi connectivity index (χ1n) is 6.06. The van der Waals surface area contributed by atoms with Gasteiger partial charge in [0.1, 0.15) is 5.76 Å². The SMILES string of the molecule is Cc1ccc(C#N)cc1S(=O)(=O)NCCc1ccco1. The summed E-state index contributed by atoms with van der Waals surface area (Å²) in [5.41, 5.74) is 0.927. The molecule has 1 aromatic heterocycles. The molecule has 20 heavy (non-hydrogen) atoms. The summed E-state index contributed by atoms with van der Waals surface area (Å²) in [6.07, 6.45) is 2.02. The number of rotatable bonds is 5. The second-order valence-corrected chi connectivity index (χ2v) is 6.05. The molecule has 0 bridgehead atoms. The topological polar surface area (TPSA) is 83.1 Å². The van der Waals surface area contributed by atoms with Gasteiger partial charge >= 0.3 is 0 Å². The summed E-state index contributed by atoms with van der Waals surface area (Å²) in [5.74, 6) is 0.718.